The molecule has 0 saturated carbocycles. The Bertz CT molecular complexity index is 633. The van der Waals surface area contributed by atoms with E-state index in [1.807, 2.05) is 24.4 Å². The summed E-state index contributed by atoms with van der Waals surface area (Å²) in [5.41, 5.74) is 0.959. The van der Waals surface area contributed by atoms with Crippen LogP contribution in [0.3, 0.4) is 0 Å². The number of hydrogen-bond acceptors (Lipinski definition) is 3. The molecular formula is C16H18N4O. The lowest BCUT2D eigenvalue weighted by molar-refractivity contribution is -0.125. The Morgan fingerprint density at radius 1 is 1.33 bits per heavy atom. The molecule has 2 aromatic rings. The molecule has 0 radical (unpaired) electrons. The highest BCUT2D eigenvalue weighted by Crippen LogP contribution is 2.18. The molecule has 2 aromatic heterocycles. The van der Waals surface area contributed by atoms with Gasteiger partial charge >= 0.3 is 0 Å². The van der Waals surface area contributed by atoms with Crippen molar-refractivity contribution in [3.8, 4) is 5.82 Å². The van der Waals surface area contributed by atoms with Crippen molar-refractivity contribution in [2.45, 2.75) is 25.8 Å². The maximum atomic E-state index is 12.2. The second-order valence-corrected chi connectivity index (χ2v) is 5.14. The van der Waals surface area contributed by atoms with Crippen molar-refractivity contribution in [1.29, 1.82) is 0 Å². The van der Waals surface area contributed by atoms with Gasteiger partial charge in [0.25, 0.3) is 0 Å². The zero-order valence-electron chi connectivity index (χ0n) is 11.8. The normalized spacial score (nSPS) is 17.6. The van der Waals surface area contributed by atoms with Crippen LogP contribution in [0.1, 0.15) is 24.8 Å². The number of rotatable bonds is 4. The Balaban J connectivity index is 1.68. The molecule has 2 heterocycles. The Kier molecular flexibility index (Phi) is 4.09. The van der Waals surface area contributed by atoms with Gasteiger partial charge in [0.15, 0.2) is 5.82 Å². The van der Waals surface area contributed by atoms with Crippen LogP contribution in [0.15, 0.2) is 48.9 Å². The number of carbonyl (C=O) groups is 1. The quantitative estimate of drug-likeness (QED) is 0.875. The number of nitrogens with zero attached hydrogens (tertiary/aromatic N) is 3. The monoisotopic (exact) mass is 282 g/mol. The van der Waals surface area contributed by atoms with Crippen LogP contribution in [0.4, 0.5) is 0 Å². The Hall–Kier alpha value is -2.43. The molecule has 0 aromatic carbocycles. The highest BCUT2D eigenvalue weighted by molar-refractivity contribution is 5.79. The van der Waals surface area contributed by atoms with Crippen molar-refractivity contribution in [2.24, 2.45) is 5.92 Å². The fourth-order valence-corrected chi connectivity index (χ4v) is 2.53. The molecule has 3 rings (SSSR count). The van der Waals surface area contributed by atoms with Crippen molar-refractivity contribution in [3.05, 3.63) is 54.5 Å². The predicted molar refractivity (Wildman–Crippen MR) is 79.7 cm³/mol. The predicted octanol–water partition coefficient (Wildman–Crippen LogP) is 2.24. The van der Waals surface area contributed by atoms with Crippen LogP contribution in [0, 0.1) is 5.92 Å². The lowest BCUT2D eigenvalue weighted by Gasteiger charge is -2.17. The number of allylic oxidation sites excluding steroid dienone is 2. The number of carbonyl (C=O) groups excluding carboxylic acids is 1. The van der Waals surface area contributed by atoms with Gasteiger partial charge in [-0.15, -0.1) is 0 Å². The highest BCUT2D eigenvalue weighted by Gasteiger charge is 2.18. The summed E-state index contributed by atoms with van der Waals surface area (Å²) in [7, 11) is 0. The first-order chi connectivity index (χ1) is 10.3. The topological polar surface area (TPSA) is 59.8 Å². The summed E-state index contributed by atoms with van der Waals surface area (Å²) in [6.45, 7) is 0.474. The summed E-state index contributed by atoms with van der Waals surface area (Å²) in [6, 6.07) is 5.69. The second-order valence-electron chi connectivity index (χ2n) is 5.14. The van der Waals surface area contributed by atoms with E-state index in [1.54, 1.807) is 17.1 Å². The second kappa shape index (κ2) is 6.35. The van der Waals surface area contributed by atoms with Gasteiger partial charge in [-0.25, -0.2) is 9.67 Å². The number of hydrogen-bond donors (Lipinski definition) is 1. The Morgan fingerprint density at radius 2 is 2.29 bits per heavy atom. The van der Waals surface area contributed by atoms with Crippen molar-refractivity contribution >= 4 is 5.91 Å². The van der Waals surface area contributed by atoms with E-state index < -0.39 is 0 Å². The zero-order chi connectivity index (χ0) is 14.5. The van der Waals surface area contributed by atoms with E-state index in [1.165, 1.54) is 0 Å². The maximum Gasteiger partial charge on any atom is 0.223 e. The highest BCUT2D eigenvalue weighted by atomic mass is 16.1. The van der Waals surface area contributed by atoms with Crippen LogP contribution >= 0.6 is 0 Å². The molecule has 0 saturated heterocycles. The SMILES string of the molecule is O=C(NCc1cccnc1-n1cccn1)[C@@H]1CC=CCC1. The van der Waals surface area contributed by atoms with Crippen molar-refractivity contribution in [2.75, 3.05) is 0 Å². The molecule has 0 fully saturated rings. The number of aromatic nitrogens is 3. The van der Waals surface area contributed by atoms with Crippen molar-refractivity contribution in [1.82, 2.24) is 20.1 Å². The molecule has 0 unspecified atom stereocenters. The summed E-state index contributed by atoms with van der Waals surface area (Å²) in [5.74, 6) is 0.973. The fourth-order valence-electron chi connectivity index (χ4n) is 2.53. The summed E-state index contributed by atoms with van der Waals surface area (Å²) < 4.78 is 1.71. The molecule has 0 aliphatic heterocycles. The van der Waals surface area contributed by atoms with Crippen LogP contribution in [-0.4, -0.2) is 20.7 Å². The Labute approximate surface area is 123 Å². The van der Waals surface area contributed by atoms with Crippen LogP contribution in [0.25, 0.3) is 5.82 Å². The smallest absolute Gasteiger partial charge is 0.223 e. The average molecular weight is 282 g/mol. The molecule has 1 aliphatic carbocycles. The summed E-state index contributed by atoms with van der Waals surface area (Å²) in [5, 5.41) is 7.21. The standard InChI is InChI=1S/C16H18N4O/c21-16(13-6-2-1-3-7-13)18-12-14-8-4-9-17-15(14)20-11-5-10-19-20/h1-2,4-5,8-11,13H,3,6-7,12H2,(H,18,21)/t13-/m1/s1. The van der Waals surface area contributed by atoms with E-state index in [-0.39, 0.29) is 11.8 Å². The van der Waals surface area contributed by atoms with Gasteiger partial charge in [0, 0.05) is 36.6 Å². The first-order valence-electron chi connectivity index (χ1n) is 7.21. The maximum absolute atomic E-state index is 12.2. The first kappa shape index (κ1) is 13.5. The van der Waals surface area contributed by atoms with Gasteiger partial charge < -0.3 is 5.32 Å². The summed E-state index contributed by atoms with van der Waals surface area (Å²) in [4.78, 5) is 16.5. The molecule has 21 heavy (non-hydrogen) atoms. The molecule has 5 heteroatoms. The molecule has 5 nitrogen and oxygen atoms in total. The minimum Gasteiger partial charge on any atom is -0.352 e. The van der Waals surface area contributed by atoms with E-state index in [4.69, 9.17) is 0 Å². The van der Waals surface area contributed by atoms with E-state index in [0.717, 1.165) is 30.6 Å². The van der Waals surface area contributed by atoms with E-state index in [0.29, 0.717) is 6.54 Å². The van der Waals surface area contributed by atoms with Crippen LogP contribution in [-0.2, 0) is 11.3 Å². The third-order valence-corrected chi connectivity index (χ3v) is 3.68. The molecular weight excluding hydrogens is 264 g/mol. The van der Waals surface area contributed by atoms with Gasteiger partial charge in [-0.3, -0.25) is 4.79 Å². The Morgan fingerprint density at radius 3 is 3.05 bits per heavy atom. The van der Waals surface area contributed by atoms with Crippen LogP contribution < -0.4 is 5.32 Å². The van der Waals surface area contributed by atoms with E-state index in [9.17, 15) is 4.79 Å². The first-order valence-corrected chi connectivity index (χ1v) is 7.21. The molecule has 0 spiro atoms. The number of amides is 1. The van der Waals surface area contributed by atoms with Gasteiger partial charge in [0.05, 0.1) is 0 Å². The lowest BCUT2D eigenvalue weighted by Crippen LogP contribution is -2.31. The molecule has 1 N–H and O–H groups in total. The molecule has 1 aliphatic rings. The zero-order valence-corrected chi connectivity index (χ0v) is 11.8. The molecule has 1 atom stereocenters. The van der Waals surface area contributed by atoms with Gasteiger partial charge in [0.1, 0.15) is 0 Å². The van der Waals surface area contributed by atoms with Crippen LogP contribution in [0.5, 0.6) is 0 Å². The lowest BCUT2D eigenvalue weighted by atomic mass is 9.93. The van der Waals surface area contributed by atoms with E-state index in [2.05, 4.69) is 27.6 Å². The minimum atomic E-state index is 0.0971. The van der Waals surface area contributed by atoms with Gasteiger partial charge in [-0.05, 0) is 31.4 Å². The fraction of sp³-hybridized carbons (Fsp3) is 0.312. The van der Waals surface area contributed by atoms with Crippen molar-refractivity contribution in [3.63, 3.8) is 0 Å². The third-order valence-electron chi connectivity index (χ3n) is 3.68. The van der Waals surface area contributed by atoms with Crippen molar-refractivity contribution < 1.29 is 4.79 Å². The largest absolute Gasteiger partial charge is 0.352 e. The molecule has 1 amide bonds. The summed E-state index contributed by atoms with van der Waals surface area (Å²) in [6.07, 6.45) is 12.3. The van der Waals surface area contributed by atoms with E-state index >= 15 is 0 Å². The summed E-state index contributed by atoms with van der Waals surface area (Å²) >= 11 is 0. The van der Waals surface area contributed by atoms with Gasteiger partial charge in [0.2, 0.25) is 5.91 Å². The third kappa shape index (κ3) is 3.18. The number of pyridine rings is 1. The van der Waals surface area contributed by atoms with Gasteiger partial charge in [-0.2, -0.15) is 5.10 Å². The van der Waals surface area contributed by atoms with Crippen LogP contribution in [0.2, 0.25) is 0 Å². The minimum absolute atomic E-state index is 0.0971. The average Bonchev–Trinajstić information content (AvgIpc) is 3.08. The number of nitrogens with one attached hydrogen (secondary N) is 1. The van der Waals surface area contributed by atoms with Gasteiger partial charge in [-0.1, -0.05) is 18.2 Å². The molecule has 0 bridgehead atoms. The molecule has 108 valence electrons.